The number of halogens is 3. The fraction of sp³-hybridized carbons (Fsp3) is 0.0588. The Labute approximate surface area is 164 Å². The van der Waals surface area contributed by atoms with Gasteiger partial charge in [0, 0.05) is 11.2 Å². The molecule has 0 aliphatic heterocycles. The minimum atomic E-state index is -0.445. The van der Waals surface area contributed by atoms with Gasteiger partial charge in [-0.05, 0) is 42.5 Å². The minimum Gasteiger partial charge on any atom is -0.497 e. The van der Waals surface area contributed by atoms with Gasteiger partial charge in [0.15, 0.2) is 5.69 Å². The van der Waals surface area contributed by atoms with Crippen molar-refractivity contribution in [3.63, 3.8) is 0 Å². The molecule has 0 unspecified atom stereocenters. The van der Waals surface area contributed by atoms with Crippen molar-refractivity contribution >= 4 is 46.4 Å². The predicted octanol–water partition coefficient (Wildman–Crippen LogP) is 4.60. The lowest BCUT2D eigenvalue weighted by Gasteiger charge is -2.11. The Hall–Kier alpha value is -2.41. The summed E-state index contributed by atoms with van der Waals surface area (Å²) in [6.45, 7) is 0. The molecule has 0 bridgehead atoms. The number of benzene rings is 2. The van der Waals surface area contributed by atoms with Crippen LogP contribution in [0.25, 0.3) is 5.69 Å². The topological polar surface area (TPSA) is 68.2 Å². The van der Waals surface area contributed by atoms with E-state index in [4.69, 9.17) is 39.5 Å². The Bertz CT molecular complexity index is 918. The average Bonchev–Trinajstić information content (AvgIpc) is 3.11. The number of amides is 1. The van der Waals surface area contributed by atoms with Crippen molar-refractivity contribution in [1.82, 2.24) is 15.2 Å². The molecule has 0 spiro atoms. The van der Waals surface area contributed by atoms with Crippen molar-refractivity contribution in [3.05, 3.63) is 69.4 Å². The standard InChI is InChI=1S/C17H13Cl3N4O2/c1-26-12-4-2-11(3-5-12)24-7-6-15(23-24)17(25)22-21-16-13(19)8-10(18)9-14(16)20/h2-9,21H,1H3,(H,22,25). The van der Waals surface area contributed by atoms with Crippen LogP contribution in [0.1, 0.15) is 10.5 Å². The molecule has 6 nitrogen and oxygen atoms in total. The van der Waals surface area contributed by atoms with Gasteiger partial charge in [-0.15, -0.1) is 0 Å². The number of carbonyl (C=O) groups is 1. The second kappa shape index (κ2) is 7.86. The van der Waals surface area contributed by atoms with Crippen LogP contribution in [0, 0.1) is 0 Å². The molecule has 0 saturated carbocycles. The van der Waals surface area contributed by atoms with Crippen molar-refractivity contribution in [2.24, 2.45) is 0 Å². The quantitative estimate of drug-likeness (QED) is 0.602. The van der Waals surface area contributed by atoms with E-state index in [-0.39, 0.29) is 15.7 Å². The number of rotatable bonds is 5. The smallest absolute Gasteiger partial charge is 0.290 e. The number of aromatic nitrogens is 2. The molecule has 1 amide bonds. The molecule has 3 rings (SSSR count). The largest absolute Gasteiger partial charge is 0.497 e. The van der Waals surface area contributed by atoms with Crippen molar-refractivity contribution in [2.75, 3.05) is 12.5 Å². The van der Waals surface area contributed by atoms with E-state index in [1.165, 1.54) is 12.1 Å². The maximum atomic E-state index is 12.3. The summed E-state index contributed by atoms with van der Waals surface area (Å²) in [4.78, 5) is 12.3. The van der Waals surface area contributed by atoms with Gasteiger partial charge in [0.1, 0.15) is 5.75 Å². The number of hydrazine groups is 1. The van der Waals surface area contributed by atoms with Gasteiger partial charge in [0.25, 0.3) is 5.91 Å². The monoisotopic (exact) mass is 410 g/mol. The second-order valence-electron chi connectivity index (χ2n) is 5.17. The minimum absolute atomic E-state index is 0.217. The zero-order valence-corrected chi connectivity index (χ0v) is 15.7. The van der Waals surface area contributed by atoms with Crippen molar-refractivity contribution in [3.8, 4) is 11.4 Å². The normalized spacial score (nSPS) is 10.5. The van der Waals surface area contributed by atoms with Gasteiger partial charge in [-0.2, -0.15) is 5.10 Å². The van der Waals surface area contributed by atoms with Crippen LogP contribution in [0.15, 0.2) is 48.7 Å². The highest BCUT2D eigenvalue weighted by atomic mass is 35.5. The molecule has 0 atom stereocenters. The molecular weight excluding hydrogens is 399 g/mol. The number of methoxy groups -OCH3 is 1. The highest BCUT2D eigenvalue weighted by molar-refractivity contribution is 6.41. The number of hydrogen-bond donors (Lipinski definition) is 2. The Balaban J connectivity index is 1.70. The number of carbonyl (C=O) groups excluding carboxylic acids is 1. The van der Waals surface area contributed by atoms with Crippen LogP contribution in [0.5, 0.6) is 5.75 Å². The maximum Gasteiger partial charge on any atom is 0.290 e. The number of nitrogens with zero attached hydrogens (tertiary/aromatic N) is 2. The molecule has 0 saturated heterocycles. The summed E-state index contributed by atoms with van der Waals surface area (Å²) >= 11 is 18.0. The Morgan fingerprint density at radius 3 is 2.35 bits per heavy atom. The molecule has 1 heterocycles. The molecule has 2 aromatic carbocycles. The number of anilines is 1. The fourth-order valence-electron chi connectivity index (χ4n) is 2.17. The van der Waals surface area contributed by atoms with E-state index >= 15 is 0 Å². The van der Waals surface area contributed by atoms with Gasteiger partial charge in [-0.1, -0.05) is 34.8 Å². The molecule has 0 aliphatic carbocycles. The van der Waals surface area contributed by atoms with Gasteiger partial charge < -0.3 is 4.74 Å². The maximum absolute atomic E-state index is 12.3. The average molecular weight is 412 g/mol. The van der Waals surface area contributed by atoms with Crippen LogP contribution < -0.4 is 15.6 Å². The van der Waals surface area contributed by atoms with Gasteiger partial charge in [0.05, 0.1) is 28.5 Å². The fourth-order valence-corrected chi connectivity index (χ4v) is 3.08. The first-order valence-electron chi connectivity index (χ1n) is 7.39. The number of ether oxygens (including phenoxy) is 1. The molecule has 0 fully saturated rings. The van der Waals surface area contributed by atoms with Gasteiger partial charge >= 0.3 is 0 Å². The molecule has 3 aromatic rings. The van der Waals surface area contributed by atoms with Gasteiger partial charge in [-0.3, -0.25) is 15.6 Å². The first-order valence-corrected chi connectivity index (χ1v) is 8.52. The molecule has 134 valence electrons. The summed E-state index contributed by atoms with van der Waals surface area (Å²) in [5, 5.41) is 5.21. The molecule has 1 aromatic heterocycles. The van der Waals surface area contributed by atoms with Gasteiger partial charge in [-0.25, -0.2) is 4.68 Å². The van der Waals surface area contributed by atoms with Crippen LogP contribution in [-0.2, 0) is 0 Å². The molecule has 0 aliphatic rings. The summed E-state index contributed by atoms with van der Waals surface area (Å²) in [5.41, 5.74) is 6.54. The summed E-state index contributed by atoms with van der Waals surface area (Å²) in [5.74, 6) is 0.291. The number of hydrogen-bond acceptors (Lipinski definition) is 4. The number of nitrogens with one attached hydrogen (secondary N) is 2. The van der Waals surface area contributed by atoms with Crippen LogP contribution in [-0.4, -0.2) is 22.8 Å². The molecule has 26 heavy (non-hydrogen) atoms. The molecular formula is C17H13Cl3N4O2. The van der Waals surface area contributed by atoms with Gasteiger partial charge in [0.2, 0.25) is 0 Å². The molecule has 9 heteroatoms. The SMILES string of the molecule is COc1ccc(-n2ccc(C(=O)NNc3c(Cl)cc(Cl)cc3Cl)n2)cc1. The van der Waals surface area contributed by atoms with E-state index < -0.39 is 5.91 Å². The first-order chi connectivity index (χ1) is 12.5. The van der Waals surface area contributed by atoms with Crippen LogP contribution in [0.3, 0.4) is 0 Å². The third kappa shape index (κ3) is 4.04. The predicted molar refractivity (Wildman–Crippen MR) is 103 cm³/mol. The summed E-state index contributed by atoms with van der Waals surface area (Å²) in [6.07, 6.45) is 1.68. The van der Waals surface area contributed by atoms with Crippen molar-refractivity contribution in [1.29, 1.82) is 0 Å². The Morgan fingerprint density at radius 2 is 1.73 bits per heavy atom. The third-order valence-corrected chi connectivity index (χ3v) is 4.28. The molecule has 0 radical (unpaired) electrons. The second-order valence-corrected chi connectivity index (χ2v) is 6.42. The third-order valence-electron chi connectivity index (χ3n) is 3.47. The van der Waals surface area contributed by atoms with Crippen molar-refractivity contribution < 1.29 is 9.53 Å². The lowest BCUT2D eigenvalue weighted by molar-refractivity contribution is 0.0957. The first kappa shape index (κ1) is 18.4. The summed E-state index contributed by atoms with van der Waals surface area (Å²) in [6, 6.07) is 11.9. The van der Waals surface area contributed by atoms with Crippen LogP contribution >= 0.6 is 34.8 Å². The van der Waals surface area contributed by atoms with E-state index in [1.54, 1.807) is 24.1 Å². The highest BCUT2D eigenvalue weighted by Crippen LogP contribution is 2.33. The summed E-state index contributed by atoms with van der Waals surface area (Å²) in [7, 11) is 1.59. The zero-order valence-electron chi connectivity index (χ0n) is 13.5. The van der Waals surface area contributed by atoms with Crippen LogP contribution in [0.2, 0.25) is 15.1 Å². The summed E-state index contributed by atoms with van der Waals surface area (Å²) < 4.78 is 6.70. The zero-order chi connectivity index (χ0) is 18.7. The van der Waals surface area contributed by atoms with Crippen molar-refractivity contribution in [2.45, 2.75) is 0 Å². The lowest BCUT2D eigenvalue weighted by atomic mass is 10.3. The molecule has 2 N–H and O–H groups in total. The Morgan fingerprint density at radius 1 is 1.08 bits per heavy atom. The Kier molecular flexibility index (Phi) is 5.56. The van der Waals surface area contributed by atoms with E-state index in [9.17, 15) is 4.79 Å². The highest BCUT2D eigenvalue weighted by Gasteiger charge is 2.13. The lowest BCUT2D eigenvalue weighted by Crippen LogP contribution is -2.30. The van der Waals surface area contributed by atoms with Crippen LogP contribution in [0.4, 0.5) is 5.69 Å². The van der Waals surface area contributed by atoms with E-state index in [2.05, 4.69) is 16.0 Å². The van der Waals surface area contributed by atoms with E-state index in [1.807, 2.05) is 24.3 Å². The van der Waals surface area contributed by atoms with E-state index in [0.29, 0.717) is 10.7 Å². The van der Waals surface area contributed by atoms with E-state index in [0.717, 1.165) is 11.4 Å².